The lowest BCUT2D eigenvalue weighted by Gasteiger charge is -2.09. The second-order valence-corrected chi connectivity index (χ2v) is 6.27. The highest BCUT2D eigenvalue weighted by Gasteiger charge is 2.18. The van der Waals surface area contributed by atoms with Crippen molar-refractivity contribution in [2.24, 2.45) is 5.73 Å². The van der Waals surface area contributed by atoms with E-state index in [1.165, 1.54) is 25.3 Å². The minimum Gasteiger partial charge on any atom is -0.465 e. The Balaban J connectivity index is 2.99. The molecular formula is C11H15BrN2O4S. The van der Waals surface area contributed by atoms with Crippen LogP contribution in [0.15, 0.2) is 27.6 Å². The molecule has 19 heavy (non-hydrogen) atoms. The van der Waals surface area contributed by atoms with Gasteiger partial charge in [0.25, 0.3) is 0 Å². The van der Waals surface area contributed by atoms with E-state index < -0.39 is 16.0 Å². The predicted molar refractivity (Wildman–Crippen MR) is 74.3 cm³/mol. The molecule has 0 saturated heterocycles. The Morgan fingerprint density at radius 3 is 2.68 bits per heavy atom. The van der Waals surface area contributed by atoms with Crippen LogP contribution in [-0.2, 0) is 14.8 Å². The lowest BCUT2D eigenvalue weighted by atomic mass is 10.2. The number of benzene rings is 1. The van der Waals surface area contributed by atoms with Crippen LogP contribution in [0.2, 0.25) is 0 Å². The van der Waals surface area contributed by atoms with Crippen LogP contribution in [0.5, 0.6) is 0 Å². The molecule has 0 atom stereocenters. The van der Waals surface area contributed by atoms with Crippen molar-refractivity contribution in [1.29, 1.82) is 0 Å². The molecule has 0 saturated carbocycles. The first-order valence-corrected chi connectivity index (χ1v) is 7.77. The van der Waals surface area contributed by atoms with Crippen LogP contribution in [0.1, 0.15) is 16.8 Å². The van der Waals surface area contributed by atoms with Crippen molar-refractivity contribution < 1.29 is 17.9 Å². The fourth-order valence-electron chi connectivity index (χ4n) is 1.35. The van der Waals surface area contributed by atoms with E-state index in [4.69, 9.17) is 5.73 Å². The number of carbonyl (C=O) groups is 1. The zero-order chi connectivity index (χ0) is 14.5. The Morgan fingerprint density at radius 1 is 1.47 bits per heavy atom. The summed E-state index contributed by atoms with van der Waals surface area (Å²) in [5.41, 5.74) is 5.57. The van der Waals surface area contributed by atoms with Gasteiger partial charge >= 0.3 is 5.97 Å². The van der Waals surface area contributed by atoms with E-state index in [1.807, 2.05) is 0 Å². The zero-order valence-corrected chi connectivity index (χ0v) is 12.8. The van der Waals surface area contributed by atoms with Gasteiger partial charge in [-0.15, -0.1) is 0 Å². The van der Waals surface area contributed by atoms with Crippen molar-refractivity contribution in [3.63, 3.8) is 0 Å². The summed E-state index contributed by atoms with van der Waals surface area (Å²) < 4.78 is 31.2. The minimum absolute atomic E-state index is 0.0668. The largest absolute Gasteiger partial charge is 0.465 e. The van der Waals surface area contributed by atoms with E-state index in [2.05, 4.69) is 25.4 Å². The van der Waals surface area contributed by atoms with E-state index in [-0.39, 0.29) is 17.0 Å². The quantitative estimate of drug-likeness (QED) is 0.585. The molecule has 0 spiro atoms. The summed E-state index contributed by atoms with van der Waals surface area (Å²) >= 11 is 3.14. The molecule has 1 aromatic carbocycles. The second kappa shape index (κ2) is 6.99. The molecule has 0 amide bonds. The maximum Gasteiger partial charge on any atom is 0.337 e. The summed E-state index contributed by atoms with van der Waals surface area (Å²) in [6.07, 6.45) is 0.553. The molecule has 1 aromatic rings. The first-order chi connectivity index (χ1) is 8.92. The fraction of sp³-hybridized carbons (Fsp3) is 0.364. The summed E-state index contributed by atoms with van der Waals surface area (Å²) in [6, 6.07) is 4.15. The fourth-order valence-corrected chi connectivity index (χ4v) is 3.50. The molecule has 0 aliphatic heterocycles. The predicted octanol–water partition coefficient (Wildman–Crippen LogP) is 0.863. The molecule has 0 radical (unpaired) electrons. The lowest BCUT2D eigenvalue weighted by molar-refractivity contribution is 0.0600. The average Bonchev–Trinajstić information content (AvgIpc) is 2.37. The highest BCUT2D eigenvalue weighted by molar-refractivity contribution is 9.10. The Hall–Kier alpha value is -0.960. The standard InChI is InChI=1S/C11H15BrN2O4S/c1-18-11(15)8-3-4-10(9(12)7-8)19(16,17)14-6-2-5-13/h3-4,7,14H,2,5-6,13H2,1H3. The average molecular weight is 351 g/mol. The summed E-state index contributed by atoms with van der Waals surface area (Å²) in [5.74, 6) is -0.527. The summed E-state index contributed by atoms with van der Waals surface area (Å²) in [5, 5.41) is 0. The first kappa shape index (κ1) is 16.1. The van der Waals surface area contributed by atoms with Crippen molar-refractivity contribution in [3.05, 3.63) is 28.2 Å². The van der Waals surface area contributed by atoms with Gasteiger partial charge in [-0.1, -0.05) is 0 Å². The van der Waals surface area contributed by atoms with Gasteiger partial charge in [-0.3, -0.25) is 0 Å². The van der Waals surface area contributed by atoms with Gasteiger partial charge in [-0.05, 0) is 47.1 Å². The van der Waals surface area contributed by atoms with Gasteiger partial charge in [0, 0.05) is 11.0 Å². The number of nitrogens with two attached hydrogens (primary N) is 1. The topological polar surface area (TPSA) is 98.5 Å². The van der Waals surface area contributed by atoms with E-state index in [0.717, 1.165) is 0 Å². The van der Waals surface area contributed by atoms with Gasteiger partial charge in [-0.2, -0.15) is 0 Å². The molecule has 0 fully saturated rings. The minimum atomic E-state index is -3.62. The normalized spacial score (nSPS) is 11.3. The van der Waals surface area contributed by atoms with E-state index in [9.17, 15) is 13.2 Å². The van der Waals surface area contributed by atoms with Crippen molar-refractivity contribution in [3.8, 4) is 0 Å². The number of ether oxygens (including phenoxy) is 1. The molecule has 0 heterocycles. The zero-order valence-electron chi connectivity index (χ0n) is 10.3. The van der Waals surface area contributed by atoms with Crippen LogP contribution in [-0.4, -0.2) is 34.6 Å². The number of esters is 1. The Morgan fingerprint density at radius 2 is 2.16 bits per heavy atom. The van der Waals surface area contributed by atoms with Gasteiger partial charge in [-0.25, -0.2) is 17.9 Å². The van der Waals surface area contributed by atoms with Crippen molar-refractivity contribution >= 4 is 31.9 Å². The number of hydrogen-bond acceptors (Lipinski definition) is 5. The monoisotopic (exact) mass is 350 g/mol. The lowest BCUT2D eigenvalue weighted by Crippen LogP contribution is -2.26. The van der Waals surface area contributed by atoms with Gasteiger partial charge in [0.15, 0.2) is 0 Å². The molecule has 3 N–H and O–H groups in total. The molecule has 8 heteroatoms. The maximum absolute atomic E-state index is 12.0. The number of nitrogens with one attached hydrogen (secondary N) is 1. The Labute approximate surface area is 120 Å². The van der Waals surface area contributed by atoms with Crippen molar-refractivity contribution in [2.45, 2.75) is 11.3 Å². The third kappa shape index (κ3) is 4.27. The van der Waals surface area contributed by atoms with Crippen LogP contribution in [0.3, 0.4) is 0 Å². The van der Waals surface area contributed by atoms with Crippen LogP contribution < -0.4 is 10.5 Å². The number of carbonyl (C=O) groups excluding carboxylic acids is 1. The highest BCUT2D eigenvalue weighted by Crippen LogP contribution is 2.23. The Bertz CT molecular complexity index is 560. The number of sulfonamides is 1. The van der Waals surface area contributed by atoms with Crippen LogP contribution in [0.4, 0.5) is 0 Å². The number of methoxy groups -OCH3 is 1. The highest BCUT2D eigenvalue weighted by atomic mass is 79.9. The summed E-state index contributed by atoms with van der Waals surface area (Å²) in [4.78, 5) is 11.4. The molecule has 106 valence electrons. The molecule has 0 aromatic heterocycles. The molecule has 1 rings (SSSR count). The van der Waals surface area contributed by atoms with Gasteiger partial charge < -0.3 is 10.5 Å². The third-order valence-corrected chi connectivity index (χ3v) is 4.75. The van der Waals surface area contributed by atoms with E-state index in [0.29, 0.717) is 17.4 Å². The summed E-state index contributed by atoms with van der Waals surface area (Å²) in [6.45, 7) is 0.676. The van der Waals surface area contributed by atoms with Crippen LogP contribution in [0.25, 0.3) is 0 Å². The summed E-state index contributed by atoms with van der Waals surface area (Å²) in [7, 11) is -2.36. The number of hydrogen-bond donors (Lipinski definition) is 2. The van der Waals surface area contributed by atoms with E-state index >= 15 is 0 Å². The van der Waals surface area contributed by atoms with Gasteiger partial charge in [0.05, 0.1) is 17.6 Å². The van der Waals surface area contributed by atoms with Crippen molar-refractivity contribution in [1.82, 2.24) is 4.72 Å². The van der Waals surface area contributed by atoms with Gasteiger partial charge in [0.1, 0.15) is 0 Å². The van der Waals surface area contributed by atoms with Crippen molar-refractivity contribution in [2.75, 3.05) is 20.2 Å². The van der Waals surface area contributed by atoms with Crippen LogP contribution in [0, 0.1) is 0 Å². The molecule has 0 aliphatic rings. The SMILES string of the molecule is COC(=O)c1ccc(S(=O)(=O)NCCCN)c(Br)c1. The van der Waals surface area contributed by atoms with Crippen LogP contribution >= 0.6 is 15.9 Å². The molecule has 0 unspecified atom stereocenters. The second-order valence-electron chi connectivity index (χ2n) is 3.68. The molecule has 6 nitrogen and oxygen atoms in total. The smallest absolute Gasteiger partial charge is 0.337 e. The molecule has 0 aliphatic carbocycles. The number of rotatable bonds is 6. The molecular weight excluding hydrogens is 336 g/mol. The Kier molecular flexibility index (Phi) is 5.92. The van der Waals surface area contributed by atoms with E-state index in [1.54, 1.807) is 0 Å². The third-order valence-electron chi connectivity index (χ3n) is 2.32. The number of halogens is 1. The first-order valence-electron chi connectivity index (χ1n) is 5.50. The van der Waals surface area contributed by atoms with Gasteiger partial charge in [0.2, 0.25) is 10.0 Å². The maximum atomic E-state index is 12.0. The molecule has 0 bridgehead atoms.